The molecule has 1 aromatic carbocycles. The number of hydrogen-bond donors (Lipinski definition) is 0. The van der Waals surface area contributed by atoms with E-state index >= 15 is 0 Å². The maximum absolute atomic E-state index is 13.2. The molecule has 1 aliphatic heterocycles. The lowest BCUT2D eigenvalue weighted by Crippen LogP contribution is -2.40. The van der Waals surface area contributed by atoms with Crippen molar-refractivity contribution in [2.75, 3.05) is 26.3 Å². The van der Waals surface area contributed by atoms with E-state index < -0.39 is 0 Å². The van der Waals surface area contributed by atoms with E-state index in [1.165, 1.54) is 6.07 Å². The summed E-state index contributed by atoms with van der Waals surface area (Å²) in [6, 6.07) is 6.62. The van der Waals surface area contributed by atoms with Gasteiger partial charge in [0.05, 0.1) is 0 Å². The molecule has 4 heteroatoms. The van der Waals surface area contributed by atoms with Gasteiger partial charge in [-0.2, -0.15) is 0 Å². The standard InChI is InChI=1S/C17H24FNO2/c1-2-9-19(17(20)15-7-11-21-12-8-15)10-6-14-4-3-5-16(18)13-14/h3-5,13,15H,2,6-12H2,1H3. The van der Waals surface area contributed by atoms with Crippen LogP contribution in [0.3, 0.4) is 0 Å². The molecule has 0 saturated carbocycles. The van der Waals surface area contributed by atoms with Gasteiger partial charge in [-0.15, -0.1) is 0 Å². The predicted molar refractivity (Wildman–Crippen MR) is 80.5 cm³/mol. The number of carbonyl (C=O) groups excluding carboxylic acids is 1. The van der Waals surface area contributed by atoms with Crippen LogP contribution in [-0.2, 0) is 16.0 Å². The number of carbonyl (C=O) groups is 1. The fraction of sp³-hybridized carbons (Fsp3) is 0.588. The number of nitrogens with zero attached hydrogens (tertiary/aromatic N) is 1. The van der Waals surface area contributed by atoms with E-state index in [0.29, 0.717) is 26.2 Å². The molecule has 0 unspecified atom stereocenters. The van der Waals surface area contributed by atoms with E-state index in [-0.39, 0.29) is 17.6 Å². The molecule has 0 aliphatic carbocycles. The van der Waals surface area contributed by atoms with E-state index in [1.807, 2.05) is 11.0 Å². The van der Waals surface area contributed by atoms with Gasteiger partial charge < -0.3 is 9.64 Å². The van der Waals surface area contributed by atoms with Gasteiger partial charge in [0.1, 0.15) is 5.82 Å². The molecule has 0 N–H and O–H groups in total. The van der Waals surface area contributed by atoms with Gasteiger partial charge in [0, 0.05) is 32.2 Å². The third-order valence-corrected chi connectivity index (χ3v) is 3.94. The first kappa shape index (κ1) is 16.0. The van der Waals surface area contributed by atoms with Gasteiger partial charge in [0.25, 0.3) is 0 Å². The Morgan fingerprint density at radius 2 is 2.10 bits per heavy atom. The van der Waals surface area contributed by atoms with Crippen molar-refractivity contribution in [3.63, 3.8) is 0 Å². The Hall–Kier alpha value is -1.42. The molecule has 116 valence electrons. The highest BCUT2D eigenvalue weighted by atomic mass is 19.1. The molecule has 1 saturated heterocycles. The van der Waals surface area contributed by atoms with Gasteiger partial charge in [0.15, 0.2) is 0 Å². The summed E-state index contributed by atoms with van der Waals surface area (Å²) < 4.78 is 18.5. The summed E-state index contributed by atoms with van der Waals surface area (Å²) in [7, 11) is 0. The largest absolute Gasteiger partial charge is 0.381 e. The molecule has 1 aromatic rings. The Morgan fingerprint density at radius 3 is 2.76 bits per heavy atom. The second kappa shape index (κ2) is 8.13. The van der Waals surface area contributed by atoms with Crippen LogP contribution in [0, 0.1) is 11.7 Å². The van der Waals surface area contributed by atoms with Gasteiger partial charge in [-0.1, -0.05) is 19.1 Å². The summed E-state index contributed by atoms with van der Waals surface area (Å²) in [5.74, 6) is 0.111. The Kier molecular flexibility index (Phi) is 6.18. The van der Waals surface area contributed by atoms with E-state index in [2.05, 4.69) is 6.92 Å². The van der Waals surface area contributed by atoms with E-state index in [0.717, 1.165) is 31.4 Å². The second-order valence-corrected chi connectivity index (χ2v) is 5.59. The Labute approximate surface area is 126 Å². The molecule has 0 atom stereocenters. The van der Waals surface area contributed by atoms with Crippen LogP contribution in [0.5, 0.6) is 0 Å². The molecule has 2 rings (SSSR count). The number of amides is 1. The molecular formula is C17H24FNO2. The maximum atomic E-state index is 13.2. The first-order valence-corrected chi connectivity index (χ1v) is 7.81. The highest BCUT2D eigenvalue weighted by molar-refractivity contribution is 5.79. The summed E-state index contributed by atoms with van der Waals surface area (Å²) in [5.41, 5.74) is 0.941. The second-order valence-electron chi connectivity index (χ2n) is 5.59. The van der Waals surface area contributed by atoms with Crippen molar-refractivity contribution in [3.05, 3.63) is 35.6 Å². The quantitative estimate of drug-likeness (QED) is 0.807. The van der Waals surface area contributed by atoms with E-state index in [9.17, 15) is 9.18 Å². The lowest BCUT2D eigenvalue weighted by molar-refractivity contribution is -0.138. The van der Waals surface area contributed by atoms with Crippen LogP contribution in [0.25, 0.3) is 0 Å². The summed E-state index contributed by atoms with van der Waals surface area (Å²) in [5, 5.41) is 0. The van der Waals surface area contributed by atoms with Crippen molar-refractivity contribution in [1.82, 2.24) is 4.90 Å². The molecule has 0 radical (unpaired) electrons. The van der Waals surface area contributed by atoms with Crippen LogP contribution >= 0.6 is 0 Å². The van der Waals surface area contributed by atoms with E-state index in [4.69, 9.17) is 4.74 Å². The molecule has 1 aliphatic rings. The number of rotatable bonds is 6. The van der Waals surface area contributed by atoms with Crippen LogP contribution in [-0.4, -0.2) is 37.1 Å². The molecule has 0 bridgehead atoms. The smallest absolute Gasteiger partial charge is 0.225 e. The van der Waals surface area contributed by atoms with E-state index in [1.54, 1.807) is 12.1 Å². The molecular weight excluding hydrogens is 269 g/mol. The Bertz CT molecular complexity index is 458. The minimum absolute atomic E-state index is 0.0952. The van der Waals surface area contributed by atoms with Crippen LogP contribution in [0.15, 0.2) is 24.3 Å². The monoisotopic (exact) mass is 293 g/mol. The zero-order valence-corrected chi connectivity index (χ0v) is 12.7. The van der Waals surface area contributed by atoms with Gasteiger partial charge in [-0.05, 0) is 43.4 Å². The highest BCUT2D eigenvalue weighted by Crippen LogP contribution is 2.18. The Morgan fingerprint density at radius 1 is 1.33 bits per heavy atom. The van der Waals surface area contributed by atoms with Gasteiger partial charge in [-0.25, -0.2) is 4.39 Å². The molecule has 21 heavy (non-hydrogen) atoms. The summed E-state index contributed by atoms with van der Waals surface area (Å²) in [6.45, 7) is 4.87. The summed E-state index contributed by atoms with van der Waals surface area (Å²) in [4.78, 5) is 14.5. The minimum atomic E-state index is -0.217. The normalized spacial score (nSPS) is 15.9. The molecule has 3 nitrogen and oxygen atoms in total. The van der Waals surface area contributed by atoms with Crippen molar-refractivity contribution >= 4 is 5.91 Å². The number of benzene rings is 1. The lowest BCUT2D eigenvalue weighted by atomic mass is 9.98. The maximum Gasteiger partial charge on any atom is 0.225 e. The van der Waals surface area contributed by atoms with Crippen molar-refractivity contribution in [3.8, 4) is 0 Å². The summed E-state index contributed by atoms with van der Waals surface area (Å²) in [6.07, 6.45) is 3.28. The van der Waals surface area contributed by atoms with Crippen molar-refractivity contribution in [1.29, 1.82) is 0 Å². The fourth-order valence-corrected chi connectivity index (χ4v) is 2.76. The lowest BCUT2D eigenvalue weighted by Gasteiger charge is -2.29. The molecule has 1 fully saturated rings. The SMILES string of the molecule is CCCN(CCc1cccc(F)c1)C(=O)C1CCOCC1. The number of hydrogen-bond acceptors (Lipinski definition) is 2. The number of ether oxygens (including phenoxy) is 1. The fourth-order valence-electron chi connectivity index (χ4n) is 2.76. The topological polar surface area (TPSA) is 29.5 Å². The molecule has 1 amide bonds. The van der Waals surface area contributed by atoms with Gasteiger partial charge in [0.2, 0.25) is 5.91 Å². The number of halogens is 1. The molecule has 1 heterocycles. The van der Waals surface area contributed by atoms with Crippen molar-refractivity contribution < 1.29 is 13.9 Å². The first-order valence-electron chi connectivity index (χ1n) is 7.81. The third-order valence-electron chi connectivity index (χ3n) is 3.94. The predicted octanol–water partition coefficient (Wildman–Crippen LogP) is 3.03. The van der Waals surface area contributed by atoms with Crippen LogP contribution in [0.2, 0.25) is 0 Å². The first-order chi connectivity index (χ1) is 10.2. The van der Waals surface area contributed by atoms with Crippen molar-refractivity contribution in [2.45, 2.75) is 32.6 Å². The van der Waals surface area contributed by atoms with Crippen LogP contribution < -0.4 is 0 Å². The third kappa shape index (κ3) is 4.81. The van der Waals surface area contributed by atoms with Crippen LogP contribution in [0.1, 0.15) is 31.7 Å². The average molecular weight is 293 g/mol. The average Bonchev–Trinajstić information content (AvgIpc) is 2.52. The zero-order valence-electron chi connectivity index (χ0n) is 12.7. The van der Waals surface area contributed by atoms with Gasteiger partial charge in [-0.3, -0.25) is 4.79 Å². The zero-order chi connectivity index (χ0) is 15.1. The van der Waals surface area contributed by atoms with Crippen LogP contribution in [0.4, 0.5) is 4.39 Å². The minimum Gasteiger partial charge on any atom is -0.381 e. The van der Waals surface area contributed by atoms with Crippen molar-refractivity contribution in [2.24, 2.45) is 5.92 Å². The van der Waals surface area contributed by atoms with Gasteiger partial charge >= 0.3 is 0 Å². The molecule has 0 spiro atoms. The summed E-state index contributed by atoms with van der Waals surface area (Å²) >= 11 is 0. The highest BCUT2D eigenvalue weighted by Gasteiger charge is 2.25. The molecule has 0 aromatic heterocycles. The Balaban J connectivity index is 1.93.